The molecule has 0 radical (unpaired) electrons. The minimum absolute atomic E-state index is 0.508. The van der Waals surface area contributed by atoms with Crippen LogP contribution in [-0.4, -0.2) is 24.8 Å². The first-order chi connectivity index (χ1) is 11.3. The van der Waals surface area contributed by atoms with E-state index in [1.165, 1.54) is 0 Å². The van der Waals surface area contributed by atoms with Crippen molar-refractivity contribution >= 4 is 28.8 Å². The monoisotopic (exact) mass is 322 g/mol. The van der Waals surface area contributed by atoms with Crippen molar-refractivity contribution in [1.29, 1.82) is 0 Å². The maximum Gasteiger partial charge on any atom is 0.227 e. The van der Waals surface area contributed by atoms with Gasteiger partial charge in [0.05, 0.1) is 18.1 Å². The Morgan fingerprint density at radius 3 is 2.48 bits per heavy atom. The van der Waals surface area contributed by atoms with Gasteiger partial charge in [-0.1, -0.05) is 23.7 Å². The molecule has 1 N–H and O–H groups in total. The summed E-state index contributed by atoms with van der Waals surface area (Å²) in [6.07, 6.45) is 6.78. The van der Waals surface area contributed by atoms with Gasteiger partial charge < -0.3 is 5.32 Å². The SMILES string of the molecule is Clc1ccc(-c2ccnn3ncc(Nc4ncccn4)c23)cc1. The van der Waals surface area contributed by atoms with Gasteiger partial charge in [-0.3, -0.25) is 0 Å². The number of benzene rings is 1. The van der Waals surface area contributed by atoms with Crippen LogP contribution in [0.25, 0.3) is 16.6 Å². The summed E-state index contributed by atoms with van der Waals surface area (Å²) in [5.41, 5.74) is 3.66. The summed E-state index contributed by atoms with van der Waals surface area (Å²) in [4.78, 5) is 8.35. The Hall–Kier alpha value is -2.99. The molecule has 0 saturated carbocycles. The van der Waals surface area contributed by atoms with Gasteiger partial charge in [0.2, 0.25) is 5.95 Å². The molecule has 112 valence electrons. The Balaban J connectivity index is 1.85. The van der Waals surface area contributed by atoms with Crippen molar-refractivity contribution in [2.24, 2.45) is 0 Å². The highest BCUT2D eigenvalue weighted by Crippen LogP contribution is 2.30. The van der Waals surface area contributed by atoms with E-state index < -0.39 is 0 Å². The highest BCUT2D eigenvalue weighted by Gasteiger charge is 2.12. The zero-order valence-electron chi connectivity index (χ0n) is 11.9. The number of rotatable bonds is 3. The van der Waals surface area contributed by atoms with Crippen molar-refractivity contribution in [3.8, 4) is 11.1 Å². The van der Waals surface area contributed by atoms with Crippen molar-refractivity contribution in [3.63, 3.8) is 0 Å². The lowest BCUT2D eigenvalue weighted by molar-refractivity contribution is 0.801. The van der Waals surface area contributed by atoms with Crippen LogP contribution in [0.3, 0.4) is 0 Å². The molecular formula is C16H11ClN6. The number of fused-ring (bicyclic) bond motifs is 1. The lowest BCUT2D eigenvalue weighted by atomic mass is 10.1. The Morgan fingerprint density at radius 2 is 1.70 bits per heavy atom. The molecule has 0 amide bonds. The van der Waals surface area contributed by atoms with E-state index in [-0.39, 0.29) is 0 Å². The molecule has 0 aliphatic heterocycles. The molecule has 0 aliphatic carbocycles. The minimum Gasteiger partial charge on any atom is -0.321 e. The van der Waals surface area contributed by atoms with Crippen molar-refractivity contribution in [2.45, 2.75) is 0 Å². The summed E-state index contributed by atoms with van der Waals surface area (Å²) < 4.78 is 1.58. The Bertz CT molecular complexity index is 949. The molecule has 0 saturated heterocycles. The Labute approximate surface area is 136 Å². The maximum absolute atomic E-state index is 5.98. The molecule has 1 aromatic carbocycles. The number of nitrogens with zero attached hydrogens (tertiary/aromatic N) is 5. The molecule has 0 aliphatic rings. The molecule has 23 heavy (non-hydrogen) atoms. The van der Waals surface area contributed by atoms with Crippen molar-refractivity contribution in [1.82, 2.24) is 24.8 Å². The maximum atomic E-state index is 5.98. The van der Waals surface area contributed by atoms with Crippen LogP contribution < -0.4 is 5.32 Å². The second-order valence-corrected chi connectivity index (χ2v) is 5.28. The van der Waals surface area contributed by atoms with Crippen molar-refractivity contribution in [2.75, 3.05) is 5.32 Å². The van der Waals surface area contributed by atoms with Gasteiger partial charge in [0.25, 0.3) is 0 Å². The Kier molecular flexibility index (Phi) is 3.36. The Morgan fingerprint density at radius 1 is 0.913 bits per heavy atom. The fraction of sp³-hybridized carbons (Fsp3) is 0. The third-order valence-electron chi connectivity index (χ3n) is 3.39. The van der Waals surface area contributed by atoms with E-state index in [1.54, 1.807) is 35.5 Å². The molecular weight excluding hydrogens is 312 g/mol. The summed E-state index contributed by atoms with van der Waals surface area (Å²) in [6, 6.07) is 11.4. The van der Waals surface area contributed by atoms with E-state index in [4.69, 9.17) is 11.6 Å². The molecule has 4 aromatic rings. The van der Waals surface area contributed by atoms with E-state index in [2.05, 4.69) is 25.5 Å². The number of aromatic nitrogens is 5. The molecule has 0 spiro atoms. The fourth-order valence-corrected chi connectivity index (χ4v) is 2.49. The largest absolute Gasteiger partial charge is 0.321 e. The predicted octanol–water partition coefficient (Wildman–Crippen LogP) is 3.58. The van der Waals surface area contributed by atoms with Gasteiger partial charge in [0, 0.05) is 23.0 Å². The molecule has 0 unspecified atom stereocenters. The van der Waals surface area contributed by atoms with Crippen LogP contribution in [0.5, 0.6) is 0 Å². The van der Waals surface area contributed by atoms with Gasteiger partial charge in [0.15, 0.2) is 0 Å². The molecule has 3 aromatic heterocycles. The molecule has 7 heteroatoms. The second kappa shape index (κ2) is 5.66. The van der Waals surface area contributed by atoms with Crippen LogP contribution in [0.1, 0.15) is 0 Å². The summed E-state index contributed by atoms with van der Waals surface area (Å²) in [5, 5.41) is 12.4. The first-order valence-corrected chi connectivity index (χ1v) is 7.32. The summed E-state index contributed by atoms with van der Waals surface area (Å²) in [6.45, 7) is 0. The van der Waals surface area contributed by atoms with E-state index in [1.807, 2.05) is 30.3 Å². The van der Waals surface area contributed by atoms with E-state index >= 15 is 0 Å². The number of anilines is 2. The number of hydrogen-bond donors (Lipinski definition) is 1. The standard InChI is InChI=1S/C16H11ClN6/c17-12-4-2-11(3-5-12)13-6-9-20-23-15(13)14(10-21-23)22-16-18-7-1-8-19-16/h1-10H,(H,18,19,22). The average molecular weight is 323 g/mol. The normalized spacial score (nSPS) is 10.8. The summed E-state index contributed by atoms with van der Waals surface area (Å²) in [5.74, 6) is 0.508. The average Bonchev–Trinajstić information content (AvgIpc) is 3.00. The van der Waals surface area contributed by atoms with Crippen LogP contribution in [-0.2, 0) is 0 Å². The molecule has 3 heterocycles. The smallest absolute Gasteiger partial charge is 0.227 e. The number of halogens is 1. The lowest BCUT2D eigenvalue weighted by Gasteiger charge is -2.07. The van der Waals surface area contributed by atoms with E-state index in [0.717, 1.165) is 22.3 Å². The highest BCUT2D eigenvalue weighted by molar-refractivity contribution is 6.30. The van der Waals surface area contributed by atoms with Gasteiger partial charge in [-0.05, 0) is 29.8 Å². The first kappa shape index (κ1) is 13.7. The summed E-state index contributed by atoms with van der Waals surface area (Å²) >= 11 is 5.98. The van der Waals surface area contributed by atoms with Crippen LogP contribution in [0, 0.1) is 0 Å². The lowest BCUT2D eigenvalue weighted by Crippen LogP contribution is -1.98. The predicted molar refractivity (Wildman–Crippen MR) is 88.7 cm³/mol. The zero-order chi connectivity index (χ0) is 15.6. The van der Waals surface area contributed by atoms with Crippen LogP contribution in [0.4, 0.5) is 11.6 Å². The topological polar surface area (TPSA) is 68.0 Å². The first-order valence-electron chi connectivity index (χ1n) is 6.94. The number of hydrogen-bond acceptors (Lipinski definition) is 5. The van der Waals surface area contributed by atoms with E-state index in [9.17, 15) is 0 Å². The highest BCUT2D eigenvalue weighted by atomic mass is 35.5. The van der Waals surface area contributed by atoms with Gasteiger partial charge in [-0.15, -0.1) is 4.63 Å². The van der Waals surface area contributed by atoms with Gasteiger partial charge in [0.1, 0.15) is 5.52 Å². The van der Waals surface area contributed by atoms with Crippen molar-refractivity contribution in [3.05, 3.63) is 66.2 Å². The van der Waals surface area contributed by atoms with Gasteiger partial charge in [-0.2, -0.15) is 10.2 Å². The summed E-state index contributed by atoms with van der Waals surface area (Å²) in [7, 11) is 0. The van der Waals surface area contributed by atoms with Crippen LogP contribution in [0.2, 0.25) is 5.02 Å². The second-order valence-electron chi connectivity index (χ2n) is 4.85. The fourth-order valence-electron chi connectivity index (χ4n) is 2.37. The molecule has 0 bridgehead atoms. The van der Waals surface area contributed by atoms with Crippen molar-refractivity contribution < 1.29 is 0 Å². The van der Waals surface area contributed by atoms with E-state index in [0.29, 0.717) is 11.0 Å². The third-order valence-corrected chi connectivity index (χ3v) is 3.64. The molecule has 4 rings (SSSR count). The quantitative estimate of drug-likeness (QED) is 0.624. The number of nitrogens with one attached hydrogen (secondary N) is 1. The zero-order valence-corrected chi connectivity index (χ0v) is 12.6. The van der Waals surface area contributed by atoms with Crippen LogP contribution >= 0.6 is 11.6 Å². The molecule has 0 fully saturated rings. The third kappa shape index (κ3) is 2.60. The minimum atomic E-state index is 0.508. The van der Waals surface area contributed by atoms with Gasteiger partial charge >= 0.3 is 0 Å². The van der Waals surface area contributed by atoms with Gasteiger partial charge in [-0.25, -0.2) is 9.97 Å². The molecule has 6 nitrogen and oxygen atoms in total. The molecule has 0 atom stereocenters. The van der Waals surface area contributed by atoms with Crippen LogP contribution in [0.15, 0.2) is 61.2 Å².